The van der Waals surface area contributed by atoms with Crippen LogP contribution < -0.4 is 9.47 Å². The van der Waals surface area contributed by atoms with E-state index in [2.05, 4.69) is 24.3 Å². The topological polar surface area (TPSA) is 91.4 Å². The van der Waals surface area contributed by atoms with Gasteiger partial charge in [-0.1, -0.05) is 48.5 Å². The molecule has 0 saturated carbocycles. The Hall–Kier alpha value is -5.18. The van der Waals surface area contributed by atoms with E-state index in [-0.39, 0.29) is 29.2 Å². The minimum atomic E-state index is -0.537. The van der Waals surface area contributed by atoms with Crippen LogP contribution in [0.3, 0.4) is 0 Å². The van der Waals surface area contributed by atoms with E-state index in [9.17, 15) is 18.8 Å². The zero-order valence-electron chi connectivity index (χ0n) is 28.0. The third-order valence-corrected chi connectivity index (χ3v) is 8.78. The molecule has 0 aliphatic carbocycles. The van der Waals surface area contributed by atoms with Gasteiger partial charge < -0.3 is 23.8 Å². The molecule has 9 heteroatoms. The molecule has 5 rings (SSSR count). The quantitative estimate of drug-likeness (QED) is 0.106. The van der Waals surface area contributed by atoms with Crippen LogP contribution in [0.4, 0.5) is 4.39 Å². The number of halogens is 1. The highest BCUT2D eigenvalue weighted by atomic mass is 19.1. The normalized spacial score (nSPS) is 13.1. The zero-order chi connectivity index (χ0) is 34.6. The Bertz CT molecular complexity index is 1700. The first-order chi connectivity index (χ1) is 23.8. The molecule has 49 heavy (non-hydrogen) atoms. The minimum absolute atomic E-state index is 0.216. The smallest absolute Gasteiger partial charge is 0.337 e. The number of piperidine rings is 1. The number of amides is 1. The lowest BCUT2D eigenvalue weighted by Crippen LogP contribution is -2.40. The van der Waals surface area contributed by atoms with Crippen molar-refractivity contribution in [2.75, 3.05) is 33.9 Å². The lowest BCUT2D eigenvalue weighted by atomic mass is 9.96. The van der Waals surface area contributed by atoms with E-state index in [0.717, 1.165) is 41.7 Å². The molecule has 1 aliphatic rings. The van der Waals surface area contributed by atoms with E-state index in [1.54, 1.807) is 17.0 Å². The van der Waals surface area contributed by atoms with Gasteiger partial charge in [0.2, 0.25) is 0 Å². The van der Waals surface area contributed by atoms with Crippen LogP contribution in [0.2, 0.25) is 0 Å². The molecule has 1 saturated heterocycles. The van der Waals surface area contributed by atoms with Crippen LogP contribution in [-0.4, -0.2) is 56.7 Å². The van der Waals surface area contributed by atoms with Gasteiger partial charge in [-0.3, -0.25) is 9.59 Å². The van der Waals surface area contributed by atoms with Crippen molar-refractivity contribution >= 4 is 17.8 Å². The van der Waals surface area contributed by atoms with E-state index in [1.165, 1.54) is 38.0 Å². The van der Waals surface area contributed by atoms with E-state index in [0.29, 0.717) is 56.9 Å². The number of aryl methyl sites for hydroxylation is 3. The van der Waals surface area contributed by atoms with Crippen LogP contribution in [-0.2, 0) is 40.1 Å². The highest BCUT2D eigenvalue weighted by molar-refractivity contribution is 6.00. The zero-order valence-corrected chi connectivity index (χ0v) is 28.0. The number of methoxy groups -OCH3 is 2. The summed E-state index contributed by atoms with van der Waals surface area (Å²) in [6.07, 6.45) is 4.26. The van der Waals surface area contributed by atoms with Crippen LogP contribution >= 0.6 is 0 Å². The number of likely N-dealkylation sites (tertiary alicyclic amines) is 1. The predicted molar refractivity (Wildman–Crippen MR) is 183 cm³/mol. The second kappa shape index (κ2) is 17.3. The summed E-state index contributed by atoms with van der Waals surface area (Å²) in [6, 6.07) is 27.7. The summed E-state index contributed by atoms with van der Waals surface area (Å²) in [7, 11) is 2.67. The monoisotopic (exact) mass is 667 g/mol. The first kappa shape index (κ1) is 35.1. The maximum Gasteiger partial charge on any atom is 0.337 e. The third-order valence-electron chi connectivity index (χ3n) is 8.78. The Labute approximate surface area is 286 Å². The number of carbonyl (C=O) groups is 3. The summed E-state index contributed by atoms with van der Waals surface area (Å²) < 4.78 is 34.9. The molecular formula is C40H42FNO7. The Balaban J connectivity index is 1.08. The van der Waals surface area contributed by atoms with Gasteiger partial charge in [0, 0.05) is 13.1 Å². The summed E-state index contributed by atoms with van der Waals surface area (Å²) in [4.78, 5) is 39.3. The van der Waals surface area contributed by atoms with Crippen molar-refractivity contribution in [1.82, 2.24) is 4.90 Å². The number of hydrogen-bond donors (Lipinski definition) is 0. The van der Waals surface area contributed by atoms with E-state index < -0.39 is 5.97 Å². The van der Waals surface area contributed by atoms with E-state index >= 15 is 0 Å². The number of esters is 2. The highest BCUT2D eigenvalue weighted by Gasteiger charge is 2.30. The molecule has 4 aromatic carbocycles. The van der Waals surface area contributed by atoms with Crippen molar-refractivity contribution < 1.29 is 37.7 Å². The fourth-order valence-corrected chi connectivity index (χ4v) is 5.84. The van der Waals surface area contributed by atoms with Crippen molar-refractivity contribution in [3.63, 3.8) is 0 Å². The molecule has 0 radical (unpaired) electrons. The van der Waals surface area contributed by atoms with Crippen molar-refractivity contribution in [2.24, 2.45) is 5.92 Å². The van der Waals surface area contributed by atoms with Gasteiger partial charge in [0.25, 0.3) is 5.91 Å². The molecule has 0 atom stereocenters. The Morgan fingerprint density at radius 2 is 1.31 bits per heavy atom. The molecule has 0 spiro atoms. The first-order valence-corrected chi connectivity index (χ1v) is 16.6. The fourth-order valence-electron chi connectivity index (χ4n) is 5.84. The highest BCUT2D eigenvalue weighted by Crippen LogP contribution is 2.26. The van der Waals surface area contributed by atoms with E-state index in [1.807, 2.05) is 36.4 Å². The standard InChI is InChI=1S/C40H42FNO7/c1-46-39(44)32-21-23-42(24-22-32)38(43)36-26-33(40(45)47-2)15-20-37(36)48-25-3-4-28-13-18-35(19-14-28)49-27-31-9-7-29(8-10-31)5-6-30-11-16-34(41)17-12-30/h7-20,26,32H,3-6,21-25,27H2,1-2H3. The van der Waals surface area contributed by atoms with Gasteiger partial charge in [-0.2, -0.15) is 0 Å². The number of nitrogens with zero attached hydrogens (tertiary/aromatic N) is 1. The van der Waals surface area contributed by atoms with Gasteiger partial charge in [0.15, 0.2) is 0 Å². The van der Waals surface area contributed by atoms with Crippen LogP contribution in [0.15, 0.2) is 91.0 Å². The summed E-state index contributed by atoms with van der Waals surface area (Å²) in [5.41, 5.74) is 5.10. The third kappa shape index (κ3) is 9.92. The molecule has 1 fully saturated rings. The van der Waals surface area contributed by atoms with Crippen molar-refractivity contribution in [3.05, 3.63) is 130 Å². The molecule has 8 nitrogen and oxygen atoms in total. The maximum absolute atomic E-state index is 13.5. The van der Waals surface area contributed by atoms with Gasteiger partial charge in [0.1, 0.15) is 23.9 Å². The Kier molecular flexibility index (Phi) is 12.4. The number of benzene rings is 4. The molecule has 0 bridgehead atoms. The predicted octanol–water partition coefficient (Wildman–Crippen LogP) is 7.01. The van der Waals surface area contributed by atoms with Crippen LogP contribution in [0, 0.1) is 11.7 Å². The first-order valence-electron chi connectivity index (χ1n) is 16.6. The van der Waals surface area contributed by atoms with Crippen molar-refractivity contribution in [1.29, 1.82) is 0 Å². The van der Waals surface area contributed by atoms with Crippen LogP contribution in [0.5, 0.6) is 11.5 Å². The molecule has 0 unspecified atom stereocenters. The lowest BCUT2D eigenvalue weighted by molar-refractivity contribution is -0.146. The minimum Gasteiger partial charge on any atom is -0.493 e. The Morgan fingerprint density at radius 1 is 0.714 bits per heavy atom. The van der Waals surface area contributed by atoms with E-state index in [4.69, 9.17) is 18.9 Å². The number of ether oxygens (including phenoxy) is 4. The SMILES string of the molecule is COC(=O)c1ccc(OCCCc2ccc(OCc3ccc(CCc4ccc(F)cc4)cc3)cc2)c(C(=O)N2CCC(C(=O)OC)CC2)c1. The molecule has 0 N–H and O–H groups in total. The molecule has 4 aromatic rings. The van der Waals surface area contributed by atoms with Crippen molar-refractivity contribution in [3.8, 4) is 11.5 Å². The van der Waals surface area contributed by atoms with Gasteiger partial charge in [-0.25, -0.2) is 9.18 Å². The number of carbonyl (C=O) groups excluding carboxylic acids is 3. The molecule has 256 valence electrons. The molecule has 1 aliphatic heterocycles. The van der Waals surface area contributed by atoms with Gasteiger partial charge in [-0.05, 0) is 103 Å². The maximum atomic E-state index is 13.5. The second-order valence-corrected chi connectivity index (χ2v) is 12.1. The van der Waals surface area contributed by atoms with Gasteiger partial charge in [0.05, 0.1) is 37.9 Å². The summed E-state index contributed by atoms with van der Waals surface area (Å²) in [6.45, 7) is 1.66. The molecule has 0 aromatic heterocycles. The second-order valence-electron chi connectivity index (χ2n) is 12.1. The largest absolute Gasteiger partial charge is 0.493 e. The molecule has 1 amide bonds. The average Bonchev–Trinajstić information content (AvgIpc) is 3.15. The van der Waals surface area contributed by atoms with Crippen molar-refractivity contribution in [2.45, 2.75) is 45.1 Å². The number of rotatable bonds is 14. The summed E-state index contributed by atoms with van der Waals surface area (Å²) in [5.74, 6) is -0.308. The number of hydrogen-bond acceptors (Lipinski definition) is 7. The lowest BCUT2D eigenvalue weighted by Gasteiger charge is -2.31. The molecule has 1 heterocycles. The fraction of sp³-hybridized carbons (Fsp3) is 0.325. The van der Waals surface area contributed by atoms with Gasteiger partial charge in [-0.15, -0.1) is 0 Å². The van der Waals surface area contributed by atoms with Crippen LogP contribution in [0.1, 0.15) is 62.2 Å². The summed E-state index contributed by atoms with van der Waals surface area (Å²) in [5, 5.41) is 0. The molecular weight excluding hydrogens is 625 g/mol. The van der Waals surface area contributed by atoms with Gasteiger partial charge >= 0.3 is 11.9 Å². The Morgan fingerprint density at radius 3 is 1.94 bits per heavy atom. The summed E-state index contributed by atoms with van der Waals surface area (Å²) >= 11 is 0. The average molecular weight is 668 g/mol. The van der Waals surface area contributed by atoms with Crippen LogP contribution in [0.25, 0.3) is 0 Å².